The molecule has 4 heteroatoms. The highest BCUT2D eigenvalue weighted by atomic mass is 19.1. The molecule has 0 bridgehead atoms. The van der Waals surface area contributed by atoms with E-state index in [0.717, 1.165) is 6.42 Å². The van der Waals surface area contributed by atoms with E-state index in [1.165, 1.54) is 18.2 Å². The van der Waals surface area contributed by atoms with Crippen molar-refractivity contribution in [2.45, 2.75) is 25.8 Å². The smallest absolute Gasteiger partial charge is 0.252 e. The molecular formula is C13H16FNO2. The molecule has 1 aromatic rings. The first-order valence-electron chi connectivity index (χ1n) is 5.67. The Morgan fingerprint density at radius 3 is 2.88 bits per heavy atom. The van der Waals surface area contributed by atoms with Gasteiger partial charge in [0.05, 0.1) is 12.1 Å². The van der Waals surface area contributed by atoms with E-state index < -0.39 is 0 Å². The van der Waals surface area contributed by atoms with Crippen molar-refractivity contribution in [3.63, 3.8) is 0 Å². The number of carbonyl (C=O) groups excluding carboxylic acids is 1. The van der Waals surface area contributed by atoms with Gasteiger partial charge in [0.15, 0.2) is 0 Å². The normalized spacial score (nSPS) is 23.7. The largest absolute Gasteiger partial charge is 0.379 e. The lowest BCUT2D eigenvalue weighted by Crippen LogP contribution is -2.46. The summed E-state index contributed by atoms with van der Waals surface area (Å²) in [6.07, 6.45) is 0.805. The van der Waals surface area contributed by atoms with Gasteiger partial charge in [-0.2, -0.15) is 0 Å². The van der Waals surface area contributed by atoms with Crippen LogP contribution in [0.3, 0.4) is 0 Å². The van der Waals surface area contributed by atoms with Gasteiger partial charge in [-0.25, -0.2) is 4.39 Å². The molecular weight excluding hydrogens is 221 g/mol. The van der Waals surface area contributed by atoms with Crippen LogP contribution in [-0.2, 0) is 4.74 Å². The standard InChI is InChI=1S/C13H16FNO2/c1-9-7-10(14)3-4-11(9)12(16)15-13(2)5-6-17-8-13/h3-4,7H,5-6,8H2,1-2H3,(H,15,16). The average molecular weight is 237 g/mol. The van der Waals surface area contributed by atoms with Crippen molar-refractivity contribution in [2.75, 3.05) is 13.2 Å². The maximum Gasteiger partial charge on any atom is 0.252 e. The van der Waals surface area contributed by atoms with Gasteiger partial charge in [-0.05, 0) is 44.0 Å². The van der Waals surface area contributed by atoms with Gasteiger partial charge in [0.2, 0.25) is 0 Å². The Morgan fingerprint density at radius 1 is 1.53 bits per heavy atom. The van der Waals surface area contributed by atoms with Crippen LogP contribution in [-0.4, -0.2) is 24.7 Å². The summed E-state index contributed by atoms with van der Waals surface area (Å²) in [5, 5.41) is 2.95. The molecule has 0 radical (unpaired) electrons. The van der Waals surface area contributed by atoms with Crippen LogP contribution in [0.2, 0.25) is 0 Å². The van der Waals surface area contributed by atoms with E-state index in [1.807, 2.05) is 6.92 Å². The van der Waals surface area contributed by atoms with Crippen molar-refractivity contribution < 1.29 is 13.9 Å². The third-order valence-corrected chi connectivity index (χ3v) is 3.07. The minimum Gasteiger partial charge on any atom is -0.379 e. The highest BCUT2D eigenvalue weighted by Gasteiger charge is 2.31. The molecule has 1 heterocycles. The molecule has 1 amide bonds. The molecule has 0 aromatic heterocycles. The lowest BCUT2D eigenvalue weighted by Gasteiger charge is -2.23. The zero-order valence-corrected chi connectivity index (χ0v) is 10.0. The van der Waals surface area contributed by atoms with Gasteiger partial charge < -0.3 is 10.1 Å². The maximum absolute atomic E-state index is 12.9. The number of nitrogens with one attached hydrogen (secondary N) is 1. The zero-order valence-electron chi connectivity index (χ0n) is 10.0. The number of rotatable bonds is 2. The number of aryl methyl sites for hydroxylation is 1. The van der Waals surface area contributed by atoms with Crippen molar-refractivity contribution >= 4 is 5.91 Å². The summed E-state index contributed by atoms with van der Waals surface area (Å²) >= 11 is 0. The van der Waals surface area contributed by atoms with Gasteiger partial charge >= 0.3 is 0 Å². The summed E-state index contributed by atoms with van der Waals surface area (Å²) in [7, 11) is 0. The Balaban J connectivity index is 2.14. The van der Waals surface area contributed by atoms with E-state index in [-0.39, 0.29) is 17.3 Å². The Morgan fingerprint density at radius 2 is 2.29 bits per heavy atom. The van der Waals surface area contributed by atoms with Gasteiger partial charge in [0.25, 0.3) is 5.91 Å². The number of ether oxygens (including phenoxy) is 1. The summed E-state index contributed by atoms with van der Waals surface area (Å²) in [6.45, 7) is 4.88. The Bertz CT molecular complexity index is 439. The second-order valence-corrected chi connectivity index (χ2v) is 4.78. The fraction of sp³-hybridized carbons (Fsp3) is 0.462. The van der Waals surface area contributed by atoms with Gasteiger partial charge in [0.1, 0.15) is 5.82 Å². The highest BCUT2D eigenvalue weighted by Crippen LogP contribution is 2.19. The summed E-state index contributed by atoms with van der Waals surface area (Å²) in [6, 6.07) is 4.18. The molecule has 1 saturated heterocycles. The second-order valence-electron chi connectivity index (χ2n) is 4.78. The number of hydrogen-bond donors (Lipinski definition) is 1. The molecule has 1 aliphatic heterocycles. The topological polar surface area (TPSA) is 38.3 Å². The van der Waals surface area contributed by atoms with Crippen molar-refractivity contribution in [3.8, 4) is 0 Å². The molecule has 0 saturated carbocycles. The second kappa shape index (κ2) is 4.45. The van der Waals surface area contributed by atoms with Gasteiger partial charge in [-0.15, -0.1) is 0 Å². The quantitative estimate of drug-likeness (QED) is 0.854. The van der Waals surface area contributed by atoms with E-state index in [0.29, 0.717) is 24.3 Å². The molecule has 0 aliphatic carbocycles. The van der Waals surface area contributed by atoms with Crippen molar-refractivity contribution in [1.82, 2.24) is 5.32 Å². The molecule has 1 aliphatic rings. The monoisotopic (exact) mass is 237 g/mol. The highest BCUT2D eigenvalue weighted by molar-refractivity contribution is 5.96. The molecule has 1 N–H and O–H groups in total. The third kappa shape index (κ3) is 2.64. The predicted octanol–water partition coefficient (Wildman–Crippen LogP) is 2.04. The Hall–Kier alpha value is -1.42. The number of amides is 1. The van der Waals surface area contributed by atoms with Gasteiger partial charge in [-0.1, -0.05) is 0 Å². The number of hydrogen-bond acceptors (Lipinski definition) is 2. The number of halogens is 1. The lowest BCUT2D eigenvalue weighted by molar-refractivity contribution is 0.0889. The van der Waals surface area contributed by atoms with Crippen molar-refractivity contribution in [1.29, 1.82) is 0 Å². The molecule has 17 heavy (non-hydrogen) atoms. The summed E-state index contributed by atoms with van der Waals surface area (Å²) in [5.41, 5.74) is 0.849. The van der Waals surface area contributed by atoms with Crippen LogP contribution in [0.1, 0.15) is 29.3 Å². The molecule has 1 fully saturated rings. The van der Waals surface area contributed by atoms with E-state index >= 15 is 0 Å². The molecule has 1 unspecified atom stereocenters. The van der Waals surface area contributed by atoms with Crippen LogP contribution < -0.4 is 5.32 Å². The number of carbonyl (C=O) groups is 1. The minimum absolute atomic E-state index is 0.171. The van der Waals surface area contributed by atoms with Crippen molar-refractivity contribution in [3.05, 3.63) is 35.1 Å². The molecule has 92 valence electrons. The Labute approximate surface area is 100.0 Å². The fourth-order valence-electron chi connectivity index (χ4n) is 1.99. The first-order valence-corrected chi connectivity index (χ1v) is 5.67. The SMILES string of the molecule is Cc1cc(F)ccc1C(=O)NC1(C)CCOC1. The molecule has 2 rings (SSSR count). The van der Waals surface area contributed by atoms with E-state index in [9.17, 15) is 9.18 Å². The van der Waals surface area contributed by atoms with Gasteiger partial charge in [0, 0.05) is 12.2 Å². The van der Waals surface area contributed by atoms with Crippen LogP contribution in [0.4, 0.5) is 4.39 Å². The fourth-order valence-corrected chi connectivity index (χ4v) is 1.99. The van der Waals surface area contributed by atoms with Crippen LogP contribution >= 0.6 is 0 Å². The maximum atomic E-state index is 12.9. The number of benzene rings is 1. The van der Waals surface area contributed by atoms with E-state index in [2.05, 4.69) is 5.32 Å². The first kappa shape index (κ1) is 12.0. The molecule has 3 nitrogen and oxygen atoms in total. The molecule has 1 atom stereocenters. The minimum atomic E-state index is -0.325. The van der Waals surface area contributed by atoms with E-state index in [4.69, 9.17) is 4.74 Å². The predicted molar refractivity (Wildman–Crippen MR) is 62.4 cm³/mol. The van der Waals surface area contributed by atoms with Crippen LogP contribution in [0, 0.1) is 12.7 Å². The van der Waals surface area contributed by atoms with Crippen LogP contribution in [0.5, 0.6) is 0 Å². The Kier molecular flexibility index (Phi) is 3.15. The lowest BCUT2D eigenvalue weighted by atomic mass is 10.00. The van der Waals surface area contributed by atoms with E-state index in [1.54, 1.807) is 6.92 Å². The average Bonchev–Trinajstić information content (AvgIpc) is 2.64. The van der Waals surface area contributed by atoms with Crippen molar-refractivity contribution in [2.24, 2.45) is 0 Å². The summed E-state index contributed by atoms with van der Waals surface area (Å²) in [4.78, 5) is 12.0. The summed E-state index contributed by atoms with van der Waals surface area (Å²) < 4.78 is 18.2. The molecule has 1 aromatic carbocycles. The van der Waals surface area contributed by atoms with Crippen LogP contribution in [0.15, 0.2) is 18.2 Å². The van der Waals surface area contributed by atoms with Crippen LogP contribution in [0.25, 0.3) is 0 Å². The zero-order chi connectivity index (χ0) is 12.5. The van der Waals surface area contributed by atoms with Gasteiger partial charge in [-0.3, -0.25) is 4.79 Å². The summed E-state index contributed by atoms with van der Waals surface area (Å²) in [5.74, 6) is -0.495. The first-order chi connectivity index (χ1) is 8.00. The molecule has 0 spiro atoms. The third-order valence-electron chi connectivity index (χ3n) is 3.07.